The molecule has 0 bridgehead atoms. The van der Waals surface area contributed by atoms with Crippen molar-refractivity contribution < 1.29 is 14.4 Å². The van der Waals surface area contributed by atoms with Gasteiger partial charge in [0.2, 0.25) is 0 Å². The van der Waals surface area contributed by atoms with Gasteiger partial charge in [0.1, 0.15) is 6.07 Å². The van der Waals surface area contributed by atoms with Gasteiger partial charge in [0, 0.05) is 36.7 Å². The lowest BCUT2D eigenvalue weighted by Gasteiger charge is -1.99. The molecule has 0 saturated carbocycles. The predicted octanol–water partition coefficient (Wildman–Crippen LogP) is 2.93. The number of rotatable bonds is 6. The smallest absolute Gasteiger partial charge is 0.270 e. The van der Waals surface area contributed by atoms with Crippen LogP contribution in [0.3, 0.4) is 0 Å². The third kappa shape index (κ3) is 4.07. The molecule has 8 heteroatoms. The number of pyridine rings is 1. The van der Waals surface area contributed by atoms with Crippen LogP contribution in [0.15, 0.2) is 60.0 Å². The number of benzene rings is 1. The maximum absolute atomic E-state index is 11.2. The average molecular weight is 327 g/mol. The van der Waals surface area contributed by atoms with E-state index in [4.69, 9.17) is 0 Å². The molecule has 1 heterocycles. The van der Waals surface area contributed by atoms with Crippen molar-refractivity contribution in [3.8, 4) is 5.69 Å². The molecule has 1 aromatic carbocycles. The first-order chi connectivity index (χ1) is 11.5. The Morgan fingerprint density at radius 2 is 1.83 bits per heavy atom. The fraction of sp³-hybridized carbons (Fsp3) is 0.125. The fourth-order valence-corrected chi connectivity index (χ4v) is 2.08. The summed E-state index contributed by atoms with van der Waals surface area (Å²) in [7, 11) is 0. The standard InChI is InChI=1S/C16H15N4O4/c1-2-17-9-3-4-13-7-10-18(11-8-13)15-6-5-14(19(21)22)12-16(15)20(23)24/h2-3,5-12H,4H2,1H3/q+1/b9-3-,17-2?. The molecule has 0 atom stereocenters. The SMILES string of the molecule is CC=N/C=C\Cc1cc[n+](-c2ccc([N+](=O)[O-])cc2[N+](=O)[O-])cc1. The summed E-state index contributed by atoms with van der Waals surface area (Å²) < 4.78 is 1.55. The van der Waals surface area contributed by atoms with E-state index in [1.165, 1.54) is 12.1 Å². The van der Waals surface area contributed by atoms with E-state index < -0.39 is 9.85 Å². The van der Waals surface area contributed by atoms with Gasteiger partial charge in [-0.2, -0.15) is 4.57 Å². The highest BCUT2D eigenvalue weighted by Gasteiger charge is 2.25. The number of allylic oxidation sites excluding steroid dienone is 1. The van der Waals surface area contributed by atoms with Crippen molar-refractivity contribution in [3.05, 3.63) is 80.8 Å². The van der Waals surface area contributed by atoms with Gasteiger partial charge in [0.25, 0.3) is 11.4 Å². The highest BCUT2D eigenvalue weighted by Crippen LogP contribution is 2.24. The molecule has 2 rings (SSSR count). The first kappa shape index (κ1) is 16.9. The number of hydrogen-bond acceptors (Lipinski definition) is 5. The quantitative estimate of drug-likeness (QED) is 0.352. The monoisotopic (exact) mass is 327 g/mol. The predicted molar refractivity (Wildman–Crippen MR) is 88.3 cm³/mol. The third-order valence-electron chi connectivity index (χ3n) is 3.24. The molecular weight excluding hydrogens is 312 g/mol. The van der Waals surface area contributed by atoms with E-state index in [1.54, 1.807) is 29.4 Å². The second-order valence-corrected chi connectivity index (χ2v) is 4.80. The molecule has 0 aliphatic carbocycles. The maximum Gasteiger partial charge on any atom is 0.347 e. The summed E-state index contributed by atoms with van der Waals surface area (Å²) in [5, 5.41) is 22.0. The molecule has 0 unspecified atom stereocenters. The topological polar surface area (TPSA) is 103 Å². The van der Waals surface area contributed by atoms with Gasteiger partial charge in [-0.3, -0.25) is 25.2 Å². The molecular formula is C16H15N4O4+. The second kappa shape index (κ2) is 7.73. The number of nitro benzene ring substituents is 2. The van der Waals surface area contributed by atoms with E-state index in [9.17, 15) is 20.2 Å². The van der Waals surface area contributed by atoms with Gasteiger partial charge >= 0.3 is 5.69 Å². The van der Waals surface area contributed by atoms with E-state index >= 15 is 0 Å². The lowest BCUT2D eigenvalue weighted by atomic mass is 10.2. The number of non-ortho nitro benzene ring substituents is 1. The molecule has 2 aromatic rings. The summed E-state index contributed by atoms with van der Waals surface area (Å²) in [5.41, 5.74) is 0.644. The minimum absolute atomic E-state index is 0.267. The summed E-state index contributed by atoms with van der Waals surface area (Å²) in [5.74, 6) is 0. The molecule has 0 radical (unpaired) electrons. The van der Waals surface area contributed by atoms with Gasteiger partial charge in [0.05, 0.1) is 9.85 Å². The number of aliphatic imine (C=N–C) groups is 1. The molecule has 0 spiro atoms. The van der Waals surface area contributed by atoms with Crippen molar-refractivity contribution in [1.29, 1.82) is 0 Å². The molecule has 0 aliphatic rings. The summed E-state index contributed by atoms with van der Waals surface area (Å²) in [4.78, 5) is 24.6. The summed E-state index contributed by atoms with van der Waals surface area (Å²) in [6.07, 6.45) is 9.32. The first-order valence-corrected chi connectivity index (χ1v) is 7.09. The fourth-order valence-electron chi connectivity index (χ4n) is 2.08. The second-order valence-electron chi connectivity index (χ2n) is 4.80. The van der Waals surface area contributed by atoms with Gasteiger partial charge < -0.3 is 0 Å². The molecule has 0 N–H and O–H groups in total. The van der Waals surface area contributed by atoms with Crippen molar-refractivity contribution >= 4 is 17.6 Å². The first-order valence-electron chi connectivity index (χ1n) is 7.09. The van der Waals surface area contributed by atoms with E-state index in [-0.39, 0.29) is 17.1 Å². The van der Waals surface area contributed by atoms with Crippen LogP contribution in [-0.2, 0) is 6.42 Å². The zero-order valence-electron chi connectivity index (χ0n) is 12.9. The lowest BCUT2D eigenvalue weighted by molar-refractivity contribution is -0.601. The van der Waals surface area contributed by atoms with Crippen molar-refractivity contribution in [3.63, 3.8) is 0 Å². The number of nitro groups is 2. The van der Waals surface area contributed by atoms with Crippen molar-refractivity contribution in [1.82, 2.24) is 0 Å². The molecule has 0 aliphatic heterocycles. The van der Waals surface area contributed by atoms with Crippen LogP contribution in [0.4, 0.5) is 11.4 Å². The van der Waals surface area contributed by atoms with Crippen LogP contribution in [0.5, 0.6) is 0 Å². The zero-order chi connectivity index (χ0) is 17.5. The van der Waals surface area contributed by atoms with Gasteiger partial charge in [-0.1, -0.05) is 6.08 Å². The number of nitrogens with zero attached hydrogens (tertiary/aromatic N) is 4. The van der Waals surface area contributed by atoms with Crippen molar-refractivity contribution in [2.75, 3.05) is 0 Å². The third-order valence-corrected chi connectivity index (χ3v) is 3.24. The number of aromatic nitrogens is 1. The Bertz CT molecular complexity index is 813. The molecule has 0 fully saturated rings. The van der Waals surface area contributed by atoms with Crippen LogP contribution in [-0.4, -0.2) is 16.1 Å². The van der Waals surface area contributed by atoms with Crippen LogP contribution in [0, 0.1) is 20.2 Å². The lowest BCUT2D eigenvalue weighted by Crippen LogP contribution is -2.30. The molecule has 122 valence electrons. The largest absolute Gasteiger partial charge is 0.347 e. The Morgan fingerprint density at radius 3 is 2.42 bits per heavy atom. The van der Waals surface area contributed by atoms with E-state index in [1.807, 2.05) is 25.1 Å². The van der Waals surface area contributed by atoms with E-state index in [2.05, 4.69) is 4.99 Å². The van der Waals surface area contributed by atoms with Crippen LogP contribution in [0.25, 0.3) is 5.69 Å². The van der Waals surface area contributed by atoms with E-state index in [0.717, 1.165) is 11.6 Å². The van der Waals surface area contributed by atoms with Gasteiger partial charge in [-0.25, -0.2) is 0 Å². The maximum atomic E-state index is 11.2. The average Bonchev–Trinajstić information content (AvgIpc) is 2.58. The highest BCUT2D eigenvalue weighted by molar-refractivity contribution is 5.54. The Morgan fingerprint density at radius 1 is 1.12 bits per heavy atom. The number of hydrogen-bond donors (Lipinski definition) is 0. The van der Waals surface area contributed by atoms with Crippen LogP contribution in [0.1, 0.15) is 12.5 Å². The molecule has 0 amide bonds. The minimum Gasteiger partial charge on any atom is -0.270 e. The molecule has 8 nitrogen and oxygen atoms in total. The highest BCUT2D eigenvalue weighted by atomic mass is 16.6. The Kier molecular flexibility index (Phi) is 5.45. The normalized spacial score (nSPS) is 11.2. The molecule has 24 heavy (non-hydrogen) atoms. The van der Waals surface area contributed by atoms with Crippen LogP contribution >= 0.6 is 0 Å². The van der Waals surface area contributed by atoms with Gasteiger partial charge in [-0.05, 0) is 18.9 Å². The van der Waals surface area contributed by atoms with Gasteiger partial charge in [-0.15, -0.1) is 0 Å². The summed E-state index contributed by atoms with van der Waals surface area (Å²) in [6, 6.07) is 7.22. The Balaban J connectivity index is 2.31. The van der Waals surface area contributed by atoms with E-state index in [0.29, 0.717) is 6.42 Å². The summed E-state index contributed by atoms with van der Waals surface area (Å²) in [6.45, 7) is 1.83. The van der Waals surface area contributed by atoms with Gasteiger partial charge in [0.15, 0.2) is 12.4 Å². The Hall–Kier alpha value is -3.42. The minimum atomic E-state index is -0.657. The Labute approximate surface area is 137 Å². The molecule has 1 aromatic heterocycles. The van der Waals surface area contributed by atoms with Crippen LogP contribution in [0.2, 0.25) is 0 Å². The summed E-state index contributed by atoms with van der Waals surface area (Å²) >= 11 is 0. The molecule has 0 saturated heterocycles. The van der Waals surface area contributed by atoms with Crippen LogP contribution < -0.4 is 4.57 Å². The van der Waals surface area contributed by atoms with Crippen molar-refractivity contribution in [2.24, 2.45) is 4.99 Å². The zero-order valence-corrected chi connectivity index (χ0v) is 12.9. The van der Waals surface area contributed by atoms with Crippen molar-refractivity contribution in [2.45, 2.75) is 13.3 Å².